The molecule has 98 valence electrons. The normalized spacial score (nSPS) is 15.2. The van der Waals surface area contributed by atoms with Gasteiger partial charge in [-0.15, -0.1) is 0 Å². The smallest absolute Gasteiger partial charge is 0.0640 e. The molecule has 1 aromatic rings. The number of methoxy groups -OCH3 is 1. The third-order valence-electron chi connectivity index (χ3n) is 2.82. The summed E-state index contributed by atoms with van der Waals surface area (Å²) in [6.07, 6.45) is 3.83. The topological polar surface area (TPSA) is 53.1 Å². The Morgan fingerprint density at radius 3 is 2.65 bits per heavy atom. The predicted octanol–water partition coefficient (Wildman–Crippen LogP) is 2.01. The number of nitrogens with zero attached hydrogens (tertiary/aromatic N) is 2. The van der Waals surface area contributed by atoms with Crippen molar-refractivity contribution in [2.24, 2.45) is 11.7 Å². The van der Waals surface area contributed by atoms with E-state index in [-0.39, 0.29) is 6.04 Å². The van der Waals surface area contributed by atoms with Crippen LogP contribution >= 0.6 is 0 Å². The average molecular weight is 239 g/mol. The zero-order chi connectivity index (χ0) is 12.8. The van der Waals surface area contributed by atoms with E-state index in [4.69, 9.17) is 10.5 Å². The SMILES string of the molecule is COCC(C)CC(N)Cc1ccn(C(C)C)n1. The largest absolute Gasteiger partial charge is 0.384 e. The van der Waals surface area contributed by atoms with Gasteiger partial charge in [-0.1, -0.05) is 6.92 Å². The summed E-state index contributed by atoms with van der Waals surface area (Å²) in [5, 5.41) is 4.51. The molecule has 17 heavy (non-hydrogen) atoms. The first-order valence-corrected chi connectivity index (χ1v) is 6.31. The Hall–Kier alpha value is -0.870. The average Bonchev–Trinajstić information content (AvgIpc) is 2.66. The molecule has 2 atom stereocenters. The number of ether oxygens (including phenoxy) is 1. The molecule has 2 unspecified atom stereocenters. The van der Waals surface area contributed by atoms with E-state index in [0.717, 1.165) is 25.1 Å². The van der Waals surface area contributed by atoms with Gasteiger partial charge in [0.2, 0.25) is 0 Å². The third-order valence-corrected chi connectivity index (χ3v) is 2.82. The molecule has 0 saturated heterocycles. The summed E-state index contributed by atoms with van der Waals surface area (Å²) >= 11 is 0. The van der Waals surface area contributed by atoms with Gasteiger partial charge in [0.1, 0.15) is 0 Å². The fourth-order valence-corrected chi connectivity index (χ4v) is 2.00. The lowest BCUT2D eigenvalue weighted by Crippen LogP contribution is -2.27. The molecule has 1 rings (SSSR count). The monoisotopic (exact) mass is 239 g/mol. The number of hydrogen-bond acceptors (Lipinski definition) is 3. The van der Waals surface area contributed by atoms with Crippen molar-refractivity contribution in [3.63, 3.8) is 0 Å². The maximum atomic E-state index is 6.12. The van der Waals surface area contributed by atoms with E-state index in [0.29, 0.717) is 12.0 Å². The third kappa shape index (κ3) is 4.88. The molecule has 0 aliphatic heterocycles. The van der Waals surface area contributed by atoms with Crippen molar-refractivity contribution in [3.8, 4) is 0 Å². The van der Waals surface area contributed by atoms with Crippen LogP contribution in [-0.4, -0.2) is 29.5 Å². The molecule has 0 fully saturated rings. The van der Waals surface area contributed by atoms with E-state index in [1.54, 1.807) is 7.11 Å². The minimum absolute atomic E-state index is 0.163. The van der Waals surface area contributed by atoms with Crippen LogP contribution < -0.4 is 5.73 Å². The zero-order valence-electron chi connectivity index (χ0n) is 11.4. The molecule has 0 spiro atoms. The molecule has 0 amide bonds. The molecule has 2 N–H and O–H groups in total. The minimum Gasteiger partial charge on any atom is -0.384 e. The first kappa shape index (κ1) is 14.2. The van der Waals surface area contributed by atoms with Gasteiger partial charge in [0.25, 0.3) is 0 Å². The number of nitrogens with two attached hydrogens (primary N) is 1. The highest BCUT2D eigenvalue weighted by Gasteiger charge is 2.11. The van der Waals surface area contributed by atoms with E-state index in [2.05, 4.69) is 31.9 Å². The summed E-state index contributed by atoms with van der Waals surface area (Å²) in [7, 11) is 1.73. The standard InChI is InChI=1S/C13H25N3O/c1-10(2)16-6-5-13(15-16)8-12(14)7-11(3)9-17-4/h5-6,10-12H,7-9,14H2,1-4H3. The van der Waals surface area contributed by atoms with Crippen molar-refractivity contribution >= 4 is 0 Å². The quantitative estimate of drug-likeness (QED) is 0.792. The second kappa shape index (κ2) is 6.77. The Labute approximate surface area is 104 Å². The van der Waals surface area contributed by atoms with Crippen LogP contribution in [0, 0.1) is 5.92 Å². The minimum atomic E-state index is 0.163. The Kier molecular flexibility index (Phi) is 5.65. The fourth-order valence-electron chi connectivity index (χ4n) is 2.00. The van der Waals surface area contributed by atoms with Crippen LogP contribution in [-0.2, 0) is 11.2 Å². The molecule has 0 bridgehead atoms. The molecular formula is C13H25N3O. The first-order valence-electron chi connectivity index (χ1n) is 6.31. The Morgan fingerprint density at radius 1 is 1.41 bits per heavy atom. The molecule has 4 nitrogen and oxygen atoms in total. The number of hydrogen-bond donors (Lipinski definition) is 1. The Morgan fingerprint density at radius 2 is 2.12 bits per heavy atom. The first-order chi connectivity index (χ1) is 8.02. The van der Waals surface area contributed by atoms with Gasteiger partial charge >= 0.3 is 0 Å². The Bertz CT molecular complexity index is 322. The van der Waals surface area contributed by atoms with Gasteiger partial charge in [0.05, 0.1) is 5.69 Å². The highest BCUT2D eigenvalue weighted by atomic mass is 16.5. The molecule has 0 aliphatic carbocycles. The molecule has 0 saturated carbocycles. The van der Waals surface area contributed by atoms with E-state index in [9.17, 15) is 0 Å². The van der Waals surface area contributed by atoms with Crippen LogP contribution in [0.5, 0.6) is 0 Å². The molecule has 0 radical (unpaired) electrons. The molecule has 0 aromatic carbocycles. The lowest BCUT2D eigenvalue weighted by atomic mass is 10.00. The molecule has 0 aliphatic rings. The van der Waals surface area contributed by atoms with Crippen LogP contribution in [0.15, 0.2) is 12.3 Å². The van der Waals surface area contributed by atoms with Crippen molar-refractivity contribution < 1.29 is 4.74 Å². The van der Waals surface area contributed by atoms with Gasteiger partial charge in [-0.25, -0.2) is 0 Å². The van der Waals surface area contributed by atoms with E-state index >= 15 is 0 Å². The summed E-state index contributed by atoms with van der Waals surface area (Å²) in [4.78, 5) is 0. The molecule has 1 aromatic heterocycles. The summed E-state index contributed by atoms with van der Waals surface area (Å²) < 4.78 is 7.09. The predicted molar refractivity (Wildman–Crippen MR) is 69.9 cm³/mol. The highest BCUT2D eigenvalue weighted by Crippen LogP contribution is 2.10. The van der Waals surface area contributed by atoms with Gasteiger partial charge in [0.15, 0.2) is 0 Å². The highest BCUT2D eigenvalue weighted by molar-refractivity contribution is 5.01. The summed E-state index contributed by atoms with van der Waals surface area (Å²) in [5.41, 5.74) is 7.20. The second-order valence-corrected chi connectivity index (χ2v) is 5.14. The molecule has 1 heterocycles. The van der Waals surface area contributed by atoms with Crippen molar-refractivity contribution in [2.45, 2.75) is 45.7 Å². The van der Waals surface area contributed by atoms with Crippen molar-refractivity contribution in [1.82, 2.24) is 9.78 Å². The molecular weight excluding hydrogens is 214 g/mol. The van der Waals surface area contributed by atoms with Gasteiger partial charge in [-0.2, -0.15) is 5.10 Å². The van der Waals surface area contributed by atoms with Gasteiger partial charge in [-0.05, 0) is 32.3 Å². The van der Waals surface area contributed by atoms with Crippen LogP contribution in [0.4, 0.5) is 0 Å². The van der Waals surface area contributed by atoms with Gasteiger partial charge in [-0.3, -0.25) is 4.68 Å². The lowest BCUT2D eigenvalue weighted by molar-refractivity contribution is 0.152. The van der Waals surface area contributed by atoms with E-state index < -0.39 is 0 Å². The summed E-state index contributed by atoms with van der Waals surface area (Å²) in [6, 6.07) is 2.63. The summed E-state index contributed by atoms with van der Waals surface area (Å²) in [6.45, 7) is 7.18. The summed E-state index contributed by atoms with van der Waals surface area (Å²) in [5.74, 6) is 0.502. The van der Waals surface area contributed by atoms with Crippen molar-refractivity contribution in [3.05, 3.63) is 18.0 Å². The molecule has 4 heteroatoms. The van der Waals surface area contributed by atoms with E-state index in [1.165, 1.54) is 0 Å². The maximum absolute atomic E-state index is 6.12. The lowest BCUT2D eigenvalue weighted by Gasteiger charge is -2.15. The van der Waals surface area contributed by atoms with Crippen molar-refractivity contribution in [1.29, 1.82) is 0 Å². The van der Waals surface area contributed by atoms with Crippen LogP contribution in [0.25, 0.3) is 0 Å². The Balaban J connectivity index is 2.41. The second-order valence-electron chi connectivity index (χ2n) is 5.14. The van der Waals surface area contributed by atoms with E-state index in [1.807, 2.05) is 10.9 Å². The van der Waals surface area contributed by atoms with Gasteiger partial charge < -0.3 is 10.5 Å². The van der Waals surface area contributed by atoms with Crippen LogP contribution in [0.2, 0.25) is 0 Å². The van der Waals surface area contributed by atoms with Crippen molar-refractivity contribution in [2.75, 3.05) is 13.7 Å². The van der Waals surface area contributed by atoms with Crippen LogP contribution in [0.3, 0.4) is 0 Å². The maximum Gasteiger partial charge on any atom is 0.0640 e. The zero-order valence-corrected chi connectivity index (χ0v) is 11.4. The number of aromatic nitrogens is 2. The number of rotatable bonds is 7. The van der Waals surface area contributed by atoms with Crippen LogP contribution in [0.1, 0.15) is 38.9 Å². The fraction of sp³-hybridized carbons (Fsp3) is 0.769. The van der Waals surface area contributed by atoms with Gasteiger partial charge in [0, 0.05) is 38.4 Å².